The summed E-state index contributed by atoms with van der Waals surface area (Å²) >= 11 is 0. The smallest absolute Gasteiger partial charge is 0.305 e. The number of hydroxylamine groups is 2. The van der Waals surface area contributed by atoms with Gasteiger partial charge in [0.2, 0.25) is 0 Å². The van der Waals surface area contributed by atoms with Gasteiger partial charge in [0.15, 0.2) is 5.82 Å². The quantitative estimate of drug-likeness (QED) is 0.372. The lowest BCUT2D eigenvalue weighted by Gasteiger charge is -2.31. The molecule has 2 aromatic heterocycles. The molecule has 2 aromatic carbocycles. The lowest BCUT2D eigenvalue weighted by atomic mass is 10.1. The van der Waals surface area contributed by atoms with Crippen LogP contribution in [-0.2, 0) is 24.1 Å². The number of rotatable bonds is 4. The van der Waals surface area contributed by atoms with Crippen LogP contribution in [0.2, 0.25) is 0 Å². The molecule has 1 fully saturated rings. The number of hydrogen-bond acceptors (Lipinski definition) is 7. The van der Waals surface area contributed by atoms with Gasteiger partial charge in [-0.1, -0.05) is 0 Å². The molecule has 12 heteroatoms. The molecule has 0 spiro atoms. The van der Waals surface area contributed by atoms with Crippen molar-refractivity contribution in [2.75, 3.05) is 38.3 Å². The largest absolute Gasteiger partial charge is 0.416 e. The van der Waals surface area contributed by atoms with E-state index in [0.29, 0.717) is 54.3 Å². The van der Waals surface area contributed by atoms with E-state index in [1.165, 1.54) is 12.3 Å². The first-order valence-corrected chi connectivity index (χ1v) is 13.0. The van der Waals surface area contributed by atoms with Crippen LogP contribution in [0.25, 0.3) is 22.3 Å². The number of halogens is 3. The SMILES string of the molecule is Cc1cc(-c2ncc3cc(C(F)(F)F)ccc3n2)ccc1N1CCn2nc(CN3CCN(C)OC3)c(C)c2C1=O. The molecule has 2 aliphatic rings. The lowest BCUT2D eigenvalue weighted by molar-refractivity contribution is -0.210. The van der Waals surface area contributed by atoms with E-state index in [-0.39, 0.29) is 5.91 Å². The van der Waals surface area contributed by atoms with Gasteiger partial charge >= 0.3 is 6.18 Å². The summed E-state index contributed by atoms with van der Waals surface area (Å²) in [6.45, 7) is 7.69. The molecular formula is C28H28F3N7O2. The number of aryl methyl sites for hydroxylation is 1. The molecule has 2 aliphatic heterocycles. The van der Waals surface area contributed by atoms with E-state index in [2.05, 4.69) is 14.9 Å². The van der Waals surface area contributed by atoms with Crippen LogP contribution in [0.1, 0.15) is 32.9 Å². The summed E-state index contributed by atoms with van der Waals surface area (Å²) in [6, 6.07) is 9.02. The minimum atomic E-state index is -4.43. The fourth-order valence-corrected chi connectivity index (χ4v) is 5.21. The molecule has 0 aliphatic carbocycles. The van der Waals surface area contributed by atoms with Crippen LogP contribution in [0.3, 0.4) is 0 Å². The molecule has 40 heavy (non-hydrogen) atoms. The summed E-state index contributed by atoms with van der Waals surface area (Å²) in [5, 5.41) is 6.87. The summed E-state index contributed by atoms with van der Waals surface area (Å²) in [7, 11) is 1.91. The van der Waals surface area contributed by atoms with E-state index in [1.54, 1.807) is 9.58 Å². The van der Waals surface area contributed by atoms with Crippen molar-refractivity contribution in [2.45, 2.75) is 33.1 Å². The molecule has 0 N–H and O–H groups in total. The Morgan fingerprint density at radius 2 is 1.85 bits per heavy atom. The number of alkyl halides is 3. The lowest BCUT2D eigenvalue weighted by Crippen LogP contribution is -2.42. The number of hydrogen-bond donors (Lipinski definition) is 0. The van der Waals surface area contributed by atoms with Gasteiger partial charge in [-0.2, -0.15) is 23.3 Å². The summed E-state index contributed by atoms with van der Waals surface area (Å²) in [6.07, 6.45) is -3.02. The predicted octanol–water partition coefficient (Wildman–Crippen LogP) is 4.43. The van der Waals surface area contributed by atoms with Gasteiger partial charge in [-0.15, -0.1) is 0 Å². The third-order valence-electron chi connectivity index (χ3n) is 7.49. The number of amides is 1. The fraction of sp³-hybridized carbons (Fsp3) is 0.357. The molecular weight excluding hydrogens is 523 g/mol. The molecule has 4 heterocycles. The molecule has 1 amide bonds. The zero-order valence-electron chi connectivity index (χ0n) is 22.4. The molecule has 0 bridgehead atoms. The van der Waals surface area contributed by atoms with E-state index >= 15 is 0 Å². The highest BCUT2D eigenvalue weighted by atomic mass is 19.4. The predicted molar refractivity (Wildman–Crippen MR) is 142 cm³/mol. The monoisotopic (exact) mass is 551 g/mol. The Hall–Kier alpha value is -3.87. The van der Waals surface area contributed by atoms with Crippen molar-refractivity contribution >= 4 is 22.5 Å². The van der Waals surface area contributed by atoms with E-state index in [9.17, 15) is 18.0 Å². The molecule has 4 aromatic rings. The zero-order chi connectivity index (χ0) is 28.2. The number of likely N-dealkylation sites (N-methyl/N-ethyl adjacent to an activating group) is 1. The van der Waals surface area contributed by atoms with Crippen LogP contribution >= 0.6 is 0 Å². The molecule has 0 radical (unpaired) electrons. The van der Waals surface area contributed by atoms with Crippen LogP contribution in [0.4, 0.5) is 18.9 Å². The molecule has 6 rings (SSSR count). The number of carbonyl (C=O) groups excluding carboxylic acids is 1. The molecule has 1 saturated heterocycles. The average Bonchev–Trinajstić information content (AvgIpc) is 3.24. The van der Waals surface area contributed by atoms with Crippen LogP contribution in [0.15, 0.2) is 42.6 Å². The van der Waals surface area contributed by atoms with Gasteiger partial charge in [0, 0.05) is 61.6 Å². The van der Waals surface area contributed by atoms with Gasteiger partial charge in [0.1, 0.15) is 12.4 Å². The van der Waals surface area contributed by atoms with Gasteiger partial charge < -0.3 is 4.90 Å². The second-order valence-corrected chi connectivity index (χ2v) is 10.2. The highest BCUT2D eigenvalue weighted by Crippen LogP contribution is 2.33. The number of nitrogens with zero attached hydrogens (tertiary/aromatic N) is 7. The Labute approximate surface area is 228 Å². The fourth-order valence-electron chi connectivity index (χ4n) is 5.21. The Morgan fingerprint density at radius 1 is 1.02 bits per heavy atom. The van der Waals surface area contributed by atoms with Crippen LogP contribution in [0, 0.1) is 13.8 Å². The highest BCUT2D eigenvalue weighted by molar-refractivity contribution is 6.07. The molecule has 0 saturated carbocycles. The number of anilines is 1. The van der Waals surface area contributed by atoms with Gasteiger partial charge in [-0.25, -0.2) is 9.97 Å². The highest BCUT2D eigenvalue weighted by Gasteiger charge is 2.32. The summed E-state index contributed by atoms with van der Waals surface area (Å²) in [4.78, 5) is 32.0. The Kier molecular flexibility index (Phi) is 6.56. The van der Waals surface area contributed by atoms with Crippen molar-refractivity contribution in [3.8, 4) is 11.4 Å². The third-order valence-corrected chi connectivity index (χ3v) is 7.49. The van der Waals surface area contributed by atoms with E-state index < -0.39 is 11.7 Å². The van der Waals surface area contributed by atoms with Crippen LogP contribution in [-0.4, -0.2) is 69.0 Å². The van der Waals surface area contributed by atoms with Crippen LogP contribution < -0.4 is 4.90 Å². The Balaban J connectivity index is 1.23. The van der Waals surface area contributed by atoms with Gasteiger partial charge in [-0.3, -0.25) is 19.2 Å². The van der Waals surface area contributed by atoms with E-state index in [4.69, 9.17) is 9.94 Å². The molecule has 208 valence electrons. The summed E-state index contributed by atoms with van der Waals surface area (Å²) in [5.74, 6) is 0.300. The minimum Gasteiger partial charge on any atom is -0.305 e. The Bertz CT molecular complexity index is 1610. The van der Waals surface area contributed by atoms with Gasteiger partial charge in [0.25, 0.3) is 5.91 Å². The first kappa shape index (κ1) is 26.4. The standard InChI is InChI=1S/C28H28F3N7O2/c1-17-12-19(26-32-14-20-13-21(28(29,30)31)5-6-22(20)33-26)4-7-24(17)37-10-11-38-25(27(37)39)18(2)23(34-38)15-36-9-8-35(3)40-16-36/h4-7,12-14H,8-11,15-16H2,1-3H3. The number of aromatic nitrogens is 4. The van der Waals surface area contributed by atoms with Gasteiger partial charge in [-0.05, 0) is 55.8 Å². The topological polar surface area (TPSA) is 79.6 Å². The zero-order valence-corrected chi connectivity index (χ0v) is 22.4. The van der Waals surface area contributed by atoms with Crippen molar-refractivity contribution in [2.24, 2.45) is 0 Å². The third kappa shape index (κ3) is 4.82. The van der Waals surface area contributed by atoms with Gasteiger partial charge in [0.05, 0.1) is 23.3 Å². The van der Waals surface area contributed by atoms with E-state index in [0.717, 1.165) is 47.7 Å². The van der Waals surface area contributed by atoms with E-state index in [1.807, 2.05) is 44.2 Å². The maximum atomic E-state index is 13.7. The van der Waals surface area contributed by atoms with Crippen molar-refractivity contribution in [3.63, 3.8) is 0 Å². The van der Waals surface area contributed by atoms with Crippen molar-refractivity contribution < 1.29 is 22.8 Å². The van der Waals surface area contributed by atoms with Crippen molar-refractivity contribution in [1.29, 1.82) is 0 Å². The normalized spacial score (nSPS) is 17.1. The Morgan fingerprint density at radius 3 is 2.58 bits per heavy atom. The molecule has 0 atom stereocenters. The van der Waals surface area contributed by atoms with Crippen molar-refractivity contribution in [3.05, 3.63) is 70.7 Å². The second kappa shape index (κ2) is 9.95. The maximum Gasteiger partial charge on any atom is 0.416 e. The summed E-state index contributed by atoms with van der Waals surface area (Å²) in [5.41, 5.74) is 4.39. The number of benzene rings is 2. The average molecular weight is 552 g/mol. The van der Waals surface area contributed by atoms with Crippen molar-refractivity contribution in [1.82, 2.24) is 29.7 Å². The first-order valence-electron chi connectivity index (χ1n) is 13.0. The van der Waals surface area contributed by atoms with Crippen LogP contribution in [0.5, 0.6) is 0 Å². The summed E-state index contributed by atoms with van der Waals surface area (Å²) < 4.78 is 41.0. The first-order chi connectivity index (χ1) is 19.1. The number of carbonyl (C=O) groups is 1. The molecule has 0 unspecified atom stereocenters. The number of fused-ring (bicyclic) bond motifs is 2. The molecule has 9 nitrogen and oxygen atoms in total. The maximum absolute atomic E-state index is 13.7. The second-order valence-electron chi connectivity index (χ2n) is 10.2. The minimum absolute atomic E-state index is 0.101.